The Bertz CT molecular complexity index is 527. The second kappa shape index (κ2) is 9.53. The molecule has 1 aliphatic carbocycles. The average Bonchev–Trinajstić information content (AvgIpc) is 3.04. The fourth-order valence-electron chi connectivity index (χ4n) is 3.82. The fourth-order valence-corrected chi connectivity index (χ4v) is 4.24. The zero-order valence-electron chi connectivity index (χ0n) is 13.2. The second-order valence-electron chi connectivity index (χ2n) is 6.19. The summed E-state index contributed by atoms with van der Waals surface area (Å²) in [6.45, 7) is 3.24. The molecule has 0 unspecified atom stereocenters. The number of piperazine rings is 1. The Morgan fingerprint density at radius 1 is 1.17 bits per heavy atom. The van der Waals surface area contributed by atoms with E-state index in [0.29, 0.717) is 0 Å². The van der Waals surface area contributed by atoms with Crippen LogP contribution in [0.25, 0.3) is 0 Å². The third-order valence-electron chi connectivity index (χ3n) is 4.87. The average molecular weight is 448 g/mol. The predicted molar refractivity (Wildman–Crippen MR) is 99.4 cm³/mol. The van der Waals surface area contributed by atoms with Gasteiger partial charge in [-0.3, -0.25) is 4.90 Å². The molecule has 1 saturated carbocycles. The summed E-state index contributed by atoms with van der Waals surface area (Å²) in [7, 11) is 0. The molecular weight excluding hydrogens is 425 g/mol. The molecule has 0 aromatic heterocycles. The van der Waals surface area contributed by atoms with Gasteiger partial charge in [-0.2, -0.15) is 0 Å². The highest BCUT2D eigenvalue weighted by Gasteiger charge is 2.36. The van der Waals surface area contributed by atoms with Gasteiger partial charge in [0.05, 0.1) is 10.0 Å². The number of rotatable bonds is 3. The van der Waals surface area contributed by atoms with E-state index in [1.807, 2.05) is 0 Å². The molecule has 1 heterocycles. The van der Waals surface area contributed by atoms with Crippen molar-refractivity contribution in [3.63, 3.8) is 0 Å². The molecule has 0 bridgehead atoms. The van der Waals surface area contributed by atoms with Crippen molar-refractivity contribution in [3.8, 4) is 5.75 Å². The maximum Gasteiger partial charge on any atom is 0.167 e. The summed E-state index contributed by atoms with van der Waals surface area (Å²) >= 11 is 3.14. The molecule has 0 radical (unpaired) electrons. The maximum atomic E-state index is 14.5. The van der Waals surface area contributed by atoms with Crippen molar-refractivity contribution in [3.05, 3.63) is 27.7 Å². The summed E-state index contributed by atoms with van der Waals surface area (Å²) in [5.74, 6) is -1.70. The number of nitrogens with zero attached hydrogens (tertiary/aromatic N) is 1. The Balaban J connectivity index is 0.00000144. The lowest BCUT2D eigenvalue weighted by Crippen LogP contribution is -2.47. The molecule has 138 valence electrons. The molecule has 24 heavy (non-hydrogen) atoms. The lowest BCUT2D eigenvalue weighted by molar-refractivity contribution is 0.119. The molecule has 0 spiro atoms. The van der Waals surface area contributed by atoms with Gasteiger partial charge in [0.2, 0.25) is 0 Å². The lowest BCUT2D eigenvalue weighted by atomic mass is 9.88. The minimum atomic E-state index is -0.906. The Labute approximate surface area is 162 Å². The van der Waals surface area contributed by atoms with Crippen LogP contribution in [-0.2, 0) is 0 Å². The summed E-state index contributed by atoms with van der Waals surface area (Å²) in [5.41, 5.74) is 0.126. The SMILES string of the molecule is Cl.Cl.Oc1c(Br)cc(F)c(F)c1[C@@H](C1CCCC1)N1CCNCC1. The first-order valence-electron chi connectivity index (χ1n) is 7.90. The molecule has 1 aliphatic heterocycles. The van der Waals surface area contributed by atoms with Crippen molar-refractivity contribution < 1.29 is 13.9 Å². The van der Waals surface area contributed by atoms with Crippen LogP contribution in [0.3, 0.4) is 0 Å². The first-order chi connectivity index (χ1) is 10.6. The first kappa shape index (κ1) is 21.9. The van der Waals surface area contributed by atoms with Gasteiger partial charge < -0.3 is 10.4 Å². The number of hydrogen-bond acceptors (Lipinski definition) is 3. The van der Waals surface area contributed by atoms with Crippen molar-refractivity contribution in [1.29, 1.82) is 0 Å². The monoisotopic (exact) mass is 446 g/mol. The number of hydrogen-bond donors (Lipinski definition) is 2. The largest absolute Gasteiger partial charge is 0.506 e. The molecule has 1 aromatic carbocycles. The van der Waals surface area contributed by atoms with Gasteiger partial charge in [-0.05, 0) is 40.8 Å². The smallest absolute Gasteiger partial charge is 0.167 e. The van der Waals surface area contributed by atoms with Gasteiger partial charge in [0.1, 0.15) is 5.75 Å². The Kier molecular flexibility index (Phi) is 8.70. The van der Waals surface area contributed by atoms with E-state index >= 15 is 0 Å². The second-order valence-corrected chi connectivity index (χ2v) is 7.05. The van der Waals surface area contributed by atoms with Gasteiger partial charge in [0.15, 0.2) is 11.6 Å². The highest BCUT2D eigenvalue weighted by Crippen LogP contribution is 2.45. The van der Waals surface area contributed by atoms with Crippen molar-refractivity contribution >= 4 is 40.7 Å². The van der Waals surface area contributed by atoms with Crippen LogP contribution in [0.5, 0.6) is 5.75 Å². The zero-order valence-corrected chi connectivity index (χ0v) is 16.5. The molecule has 3 rings (SSSR count). The van der Waals surface area contributed by atoms with E-state index in [0.717, 1.165) is 57.9 Å². The maximum absolute atomic E-state index is 14.5. The molecule has 1 aromatic rings. The van der Waals surface area contributed by atoms with E-state index < -0.39 is 11.6 Å². The molecule has 2 N–H and O–H groups in total. The van der Waals surface area contributed by atoms with Crippen LogP contribution in [0.4, 0.5) is 8.78 Å². The number of phenolic OH excluding ortho intramolecular Hbond substituents is 1. The Hall–Kier alpha value is -0.140. The molecule has 2 fully saturated rings. The number of phenols is 1. The van der Waals surface area contributed by atoms with Crippen LogP contribution in [0.2, 0.25) is 0 Å². The quantitative estimate of drug-likeness (QED) is 0.673. The highest BCUT2D eigenvalue weighted by atomic mass is 79.9. The predicted octanol–water partition coefficient (Wildman–Crippen LogP) is 4.41. The van der Waals surface area contributed by atoms with Gasteiger partial charge in [0.25, 0.3) is 0 Å². The standard InChI is InChI=1S/C16H21BrF2N2O.2ClH/c17-11-9-12(18)14(19)13(16(11)22)15(10-3-1-2-4-10)21-7-5-20-6-8-21;;/h9-10,15,20,22H,1-8H2;2*1H/t15-;;/m1../s1. The lowest BCUT2D eigenvalue weighted by Gasteiger charge is -2.39. The summed E-state index contributed by atoms with van der Waals surface area (Å²) < 4.78 is 28.6. The van der Waals surface area contributed by atoms with Gasteiger partial charge in [-0.25, -0.2) is 8.78 Å². The number of halogens is 5. The zero-order chi connectivity index (χ0) is 15.7. The minimum Gasteiger partial charge on any atom is -0.506 e. The molecule has 1 atom stereocenters. The van der Waals surface area contributed by atoms with Gasteiger partial charge >= 0.3 is 0 Å². The Morgan fingerprint density at radius 2 is 1.75 bits per heavy atom. The van der Waals surface area contributed by atoms with E-state index in [1.54, 1.807) is 0 Å². The summed E-state index contributed by atoms with van der Waals surface area (Å²) in [6.07, 6.45) is 4.24. The van der Waals surface area contributed by atoms with Gasteiger partial charge in [-0.15, -0.1) is 24.8 Å². The number of nitrogens with one attached hydrogen (secondary N) is 1. The van der Waals surface area contributed by atoms with Crippen LogP contribution in [0, 0.1) is 17.6 Å². The Morgan fingerprint density at radius 3 is 2.33 bits per heavy atom. The highest BCUT2D eigenvalue weighted by molar-refractivity contribution is 9.10. The van der Waals surface area contributed by atoms with Crippen molar-refractivity contribution in [2.24, 2.45) is 5.92 Å². The third kappa shape index (κ3) is 4.33. The molecule has 1 saturated heterocycles. The van der Waals surface area contributed by atoms with Crippen LogP contribution >= 0.6 is 40.7 Å². The molecule has 3 nitrogen and oxygen atoms in total. The molecule has 2 aliphatic rings. The van der Waals surface area contributed by atoms with E-state index in [2.05, 4.69) is 26.1 Å². The molecular formula is C16H23BrCl2F2N2O. The topological polar surface area (TPSA) is 35.5 Å². The number of benzene rings is 1. The first-order valence-corrected chi connectivity index (χ1v) is 8.70. The fraction of sp³-hybridized carbons (Fsp3) is 0.625. The minimum absolute atomic E-state index is 0. The van der Waals surface area contributed by atoms with Crippen LogP contribution < -0.4 is 5.32 Å². The van der Waals surface area contributed by atoms with E-state index in [1.165, 1.54) is 0 Å². The van der Waals surface area contributed by atoms with Gasteiger partial charge in [0, 0.05) is 32.2 Å². The van der Waals surface area contributed by atoms with E-state index in [4.69, 9.17) is 0 Å². The normalized spacial score (nSPS) is 20.3. The van der Waals surface area contributed by atoms with Gasteiger partial charge in [-0.1, -0.05) is 12.8 Å². The van der Waals surface area contributed by atoms with Crippen LogP contribution in [0.15, 0.2) is 10.5 Å². The summed E-state index contributed by atoms with van der Waals surface area (Å²) in [4.78, 5) is 2.19. The van der Waals surface area contributed by atoms with Crippen molar-refractivity contribution in [2.45, 2.75) is 31.7 Å². The summed E-state index contributed by atoms with van der Waals surface area (Å²) in [5, 5.41) is 13.7. The number of aromatic hydroxyl groups is 1. The van der Waals surface area contributed by atoms with Crippen molar-refractivity contribution in [1.82, 2.24) is 10.2 Å². The van der Waals surface area contributed by atoms with E-state index in [9.17, 15) is 13.9 Å². The van der Waals surface area contributed by atoms with Crippen molar-refractivity contribution in [2.75, 3.05) is 26.2 Å². The van der Waals surface area contributed by atoms with E-state index in [-0.39, 0.29) is 52.6 Å². The molecule has 8 heteroatoms. The molecule has 0 amide bonds. The van der Waals surface area contributed by atoms with Crippen LogP contribution in [-0.4, -0.2) is 36.2 Å². The summed E-state index contributed by atoms with van der Waals surface area (Å²) in [6, 6.07) is 0.745. The third-order valence-corrected chi connectivity index (χ3v) is 5.47. The van der Waals surface area contributed by atoms with Crippen LogP contribution in [0.1, 0.15) is 37.3 Å².